The SMILES string of the molecule is CN1C(=O)CC(C2(O)CCCCC2)C1=O. The third kappa shape index (κ3) is 1.67. The van der Waals surface area contributed by atoms with E-state index in [4.69, 9.17) is 0 Å². The minimum absolute atomic E-state index is 0.163. The van der Waals surface area contributed by atoms with E-state index in [1.54, 1.807) is 0 Å². The summed E-state index contributed by atoms with van der Waals surface area (Å²) in [5, 5.41) is 10.4. The predicted molar refractivity (Wildman–Crippen MR) is 53.9 cm³/mol. The summed E-state index contributed by atoms with van der Waals surface area (Å²) >= 11 is 0. The lowest BCUT2D eigenvalue weighted by molar-refractivity contribution is -0.142. The summed E-state index contributed by atoms with van der Waals surface area (Å²) in [6.07, 6.45) is 4.53. The number of carbonyl (C=O) groups is 2. The predicted octanol–water partition coefficient (Wildman–Crippen LogP) is 0.686. The fraction of sp³-hybridized carbons (Fsp3) is 0.818. The molecule has 2 amide bonds. The maximum absolute atomic E-state index is 11.8. The molecule has 84 valence electrons. The van der Waals surface area contributed by atoms with Crippen LogP contribution in [0.25, 0.3) is 0 Å². The summed E-state index contributed by atoms with van der Waals surface area (Å²) < 4.78 is 0. The van der Waals surface area contributed by atoms with Gasteiger partial charge in [-0.2, -0.15) is 0 Å². The Bertz CT molecular complexity index is 294. The molecule has 0 aromatic carbocycles. The highest BCUT2D eigenvalue weighted by molar-refractivity contribution is 6.03. The molecule has 4 heteroatoms. The highest BCUT2D eigenvalue weighted by atomic mass is 16.3. The Hall–Kier alpha value is -0.900. The van der Waals surface area contributed by atoms with E-state index in [0.29, 0.717) is 12.8 Å². The Labute approximate surface area is 89.3 Å². The number of rotatable bonds is 1. The van der Waals surface area contributed by atoms with Crippen LogP contribution in [0.15, 0.2) is 0 Å². The molecular weight excluding hydrogens is 194 g/mol. The van der Waals surface area contributed by atoms with E-state index in [2.05, 4.69) is 0 Å². The number of hydrogen-bond acceptors (Lipinski definition) is 3. The molecule has 15 heavy (non-hydrogen) atoms. The first-order valence-electron chi connectivity index (χ1n) is 5.57. The summed E-state index contributed by atoms with van der Waals surface area (Å²) in [5.74, 6) is -0.858. The Balaban J connectivity index is 2.16. The van der Waals surface area contributed by atoms with Gasteiger partial charge in [0.2, 0.25) is 11.8 Å². The quantitative estimate of drug-likeness (QED) is 0.649. The molecule has 1 aliphatic carbocycles. The van der Waals surface area contributed by atoms with Gasteiger partial charge in [-0.25, -0.2) is 0 Å². The normalized spacial score (nSPS) is 31.1. The van der Waals surface area contributed by atoms with E-state index >= 15 is 0 Å². The van der Waals surface area contributed by atoms with Crippen molar-refractivity contribution in [3.63, 3.8) is 0 Å². The molecule has 0 bridgehead atoms. The number of carbonyl (C=O) groups excluding carboxylic acids is 2. The van der Waals surface area contributed by atoms with Crippen molar-refractivity contribution in [1.29, 1.82) is 0 Å². The first-order valence-corrected chi connectivity index (χ1v) is 5.57. The molecular formula is C11H17NO3. The van der Waals surface area contributed by atoms with Crippen molar-refractivity contribution < 1.29 is 14.7 Å². The van der Waals surface area contributed by atoms with Gasteiger partial charge >= 0.3 is 0 Å². The van der Waals surface area contributed by atoms with Crippen LogP contribution < -0.4 is 0 Å². The maximum atomic E-state index is 11.8. The summed E-state index contributed by atoms with van der Waals surface area (Å²) in [6, 6.07) is 0. The minimum atomic E-state index is -0.921. The van der Waals surface area contributed by atoms with E-state index in [1.165, 1.54) is 7.05 Å². The average Bonchev–Trinajstić information content (AvgIpc) is 2.48. The third-order valence-corrected chi connectivity index (χ3v) is 3.75. The zero-order chi connectivity index (χ0) is 11.1. The van der Waals surface area contributed by atoms with Crippen LogP contribution in [0, 0.1) is 5.92 Å². The summed E-state index contributed by atoms with van der Waals surface area (Å²) in [7, 11) is 1.50. The second-order valence-electron chi connectivity index (χ2n) is 4.71. The van der Waals surface area contributed by atoms with Gasteiger partial charge in [0.15, 0.2) is 0 Å². The van der Waals surface area contributed by atoms with E-state index in [-0.39, 0.29) is 18.2 Å². The van der Waals surface area contributed by atoms with Gasteiger partial charge < -0.3 is 5.11 Å². The van der Waals surface area contributed by atoms with Crippen molar-refractivity contribution >= 4 is 11.8 Å². The van der Waals surface area contributed by atoms with E-state index in [0.717, 1.165) is 24.2 Å². The molecule has 4 nitrogen and oxygen atoms in total. The molecule has 1 N–H and O–H groups in total. The summed E-state index contributed by atoms with van der Waals surface area (Å²) in [6.45, 7) is 0. The van der Waals surface area contributed by atoms with Crippen molar-refractivity contribution in [1.82, 2.24) is 4.90 Å². The Morgan fingerprint density at radius 3 is 2.33 bits per heavy atom. The van der Waals surface area contributed by atoms with Crippen molar-refractivity contribution in [2.24, 2.45) is 5.92 Å². The molecule has 2 rings (SSSR count). The highest BCUT2D eigenvalue weighted by Gasteiger charge is 2.49. The smallest absolute Gasteiger partial charge is 0.235 e. The van der Waals surface area contributed by atoms with Crippen LogP contribution >= 0.6 is 0 Å². The molecule has 1 saturated carbocycles. The number of aliphatic hydroxyl groups is 1. The number of amides is 2. The van der Waals surface area contributed by atoms with Gasteiger partial charge in [-0.1, -0.05) is 19.3 Å². The Morgan fingerprint density at radius 2 is 1.87 bits per heavy atom. The van der Waals surface area contributed by atoms with Crippen molar-refractivity contribution in [3.05, 3.63) is 0 Å². The molecule has 0 spiro atoms. The van der Waals surface area contributed by atoms with Gasteiger partial charge in [0, 0.05) is 13.5 Å². The molecule has 2 fully saturated rings. The van der Waals surface area contributed by atoms with Crippen LogP contribution in [0.2, 0.25) is 0 Å². The zero-order valence-electron chi connectivity index (χ0n) is 9.03. The molecule has 1 atom stereocenters. The fourth-order valence-electron chi connectivity index (χ4n) is 2.69. The molecule has 0 aromatic heterocycles. The molecule has 1 heterocycles. The van der Waals surface area contributed by atoms with E-state index in [1.807, 2.05) is 0 Å². The number of imide groups is 1. The first-order chi connectivity index (χ1) is 7.04. The van der Waals surface area contributed by atoms with E-state index in [9.17, 15) is 14.7 Å². The second kappa shape index (κ2) is 3.59. The van der Waals surface area contributed by atoms with Crippen molar-refractivity contribution in [2.45, 2.75) is 44.1 Å². The molecule has 1 unspecified atom stereocenters. The monoisotopic (exact) mass is 211 g/mol. The van der Waals surface area contributed by atoms with Crippen LogP contribution in [0.5, 0.6) is 0 Å². The van der Waals surface area contributed by atoms with Crippen LogP contribution in [-0.2, 0) is 9.59 Å². The summed E-state index contributed by atoms with van der Waals surface area (Å²) in [4.78, 5) is 24.3. The first kappa shape index (κ1) is 10.6. The number of nitrogens with zero attached hydrogens (tertiary/aromatic N) is 1. The van der Waals surface area contributed by atoms with Gasteiger partial charge in [-0.3, -0.25) is 14.5 Å². The standard InChI is InChI=1S/C11H17NO3/c1-12-9(13)7-8(10(12)14)11(15)5-3-2-4-6-11/h8,15H,2-7H2,1H3. The Morgan fingerprint density at radius 1 is 1.27 bits per heavy atom. The van der Waals surface area contributed by atoms with Gasteiger partial charge in [0.05, 0.1) is 11.5 Å². The lowest BCUT2D eigenvalue weighted by atomic mass is 9.75. The van der Waals surface area contributed by atoms with Crippen LogP contribution in [-0.4, -0.2) is 34.5 Å². The molecule has 0 aromatic rings. The maximum Gasteiger partial charge on any atom is 0.235 e. The second-order valence-corrected chi connectivity index (χ2v) is 4.71. The number of likely N-dealkylation sites (tertiary alicyclic amines) is 1. The van der Waals surface area contributed by atoms with Gasteiger partial charge in [-0.05, 0) is 12.8 Å². The van der Waals surface area contributed by atoms with Gasteiger partial charge in [0.1, 0.15) is 0 Å². The van der Waals surface area contributed by atoms with E-state index < -0.39 is 11.5 Å². The van der Waals surface area contributed by atoms with Crippen LogP contribution in [0.1, 0.15) is 38.5 Å². The van der Waals surface area contributed by atoms with Gasteiger partial charge in [0.25, 0.3) is 0 Å². The van der Waals surface area contributed by atoms with Gasteiger partial charge in [-0.15, -0.1) is 0 Å². The topological polar surface area (TPSA) is 57.6 Å². The van der Waals surface area contributed by atoms with Crippen molar-refractivity contribution in [2.75, 3.05) is 7.05 Å². The molecule has 2 aliphatic rings. The van der Waals surface area contributed by atoms with Crippen molar-refractivity contribution in [3.8, 4) is 0 Å². The summed E-state index contributed by atoms with van der Waals surface area (Å²) in [5.41, 5.74) is -0.921. The fourth-order valence-corrected chi connectivity index (χ4v) is 2.69. The Kier molecular flexibility index (Phi) is 2.54. The number of hydrogen-bond donors (Lipinski definition) is 1. The average molecular weight is 211 g/mol. The lowest BCUT2D eigenvalue weighted by Crippen LogP contribution is -2.43. The van der Waals surface area contributed by atoms with Crippen LogP contribution in [0.3, 0.4) is 0 Å². The van der Waals surface area contributed by atoms with Crippen LogP contribution in [0.4, 0.5) is 0 Å². The zero-order valence-corrected chi connectivity index (χ0v) is 9.03. The highest BCUT2D eigenvalue weighted by Crippen LogP contribution is 2.39. The largest absolute Gasteiger partial charge is 0.389 e. The molecule has 1 aliphatic heterocycles. The minimum Gasteiger partial charge on any atom is -0.389 e. The lowest BCUT2D eigenvalue weighted by Gasteiger charge is -2.35. The third-order valence-electron chi connectivity index (χ3n) is 3.75. The molecule has 0 radical (unpaired) electrons. The molecule has 1 saturated heterocycles.